The highest BCUT2D eigenvalue weighted by Gasteiger charge is 2.39. The third-order valence-electron chi connectivity index (χ3n) is 5.85. The van der Waals surface area contributed by atoms with Crippen LogP contribution in [-0.2, 0) is 22.7 Å². The SMILES string of the molecule is O=C1CCC(N2Cc3cccc(CNCC[C@@H]4CCNC4)c3C2=O)C(=O)N1. The molecular weight excluding hydrogens is 344 g/mol. The van der Waals surface area contributed by atoms with Crippen molar-refractivity contribution < 1.29 is 14.4 Å². The Morgan fingerprint density at radius 1 is 1.19 bits per heavy atom. The summed E-state index contributed by atoms with van der Waals surface area (Å²) >= 11 is 0. The van der Waals surface area contributed by atoms with Crippen molar-refractivity contribution in [2.45, 2.75) is 44.8 Å². The van der Waals surface area contributed by atoms with Gasteiger partial charge in [-0.2, -0.15) is 0 Å². The number of amides is 3. The Morgan fingerprint density at radius 2 is 2.07 bits per heavy atom. The minimum Gasteiger partial charge on any atom is -0.322 e. The highest BCUT2D eigenvalue weighted by atomic mass is 16.2. The number of benzene rings is 1. The average Bonchev–Trinajstić information content (AvgIpc) is 3.28. The molecule has 0 aromatic heterocycles. The van der Waals surface area contributed by atoms with E-state index in [0.717, 1.165) is 48.7 Å². The number of hydrogen-bond acceptors (Lipinski definition) is 5. The summed E-state index contributed by atoms with van der Waals surface area (Å²) in [5.74, 6) is 0.0144. The zero-order chi connectivity index (χ0) is 18.8. The first-order valence-corrected chi connectivity index (χ1v) is 9.80. The summed E-state index contributed by atoms with van der Waals surface area (Å²) in [6, 6.07) is 5.35. The second-order valence-corrected chi connectivity index (χ2v) is 7.68. The van der Waals surface area contributed by atoms with Gasteiger partial charge in [-0.25, -0.2) is 0 Å². The van der Waals surface area contributed by atoms with Crippen LogP contribution in [0.15, 0.2) is 18.2 Å². The van der Waals surface area contributed by atoms with Crippen LogP contribution in [0.5, 0.6) is 0 Å². The van der Waals surface area contributed by atoms with E-state index < -0.39 is 6.04 Å². The van der Waals surface area contributed by atoms with Gasteiger partial charge in [0.1, 0.15) is 6.04 Å². The number of rotatable bonds is 6. The fourth-order valence-electron chi connectivity index (χ4n) is 4.33. The molecule has 3 aliphatic rings. The Kier molecular flexibility index (Phi) is 5.22. The second kappa shape index (κ2) is 7.78. The Balaban J connectivity index is 1.40. The van der Waals surface area contributed by atoms with Gasteiger partial charge in [0, 0.05) is 25.1 Å². The first kappa shape index (κ1) is 18.1. The molecule has 3 aliphatic heterocycles. The molecule has 0 bridgehead atoms. The van der Waals surface area contributed by atoms with Gasteiger partial charge in [-0.1, -0.05) is 18.2 Å². The molecule has 0 saturated carbocycles. The van der Waals surface area contributed by atoms with E-state index >= 15 is 0 Å². The van der Waals surface area contributed by atoms with Crippen molar-refractivity contribution in [3.05, 3.63) is 34.9 Å². The number of piperidine rings is 1. The number of carbonyl (C=O) groups excluding carboxylic acids is 3. The first-order chi connectivity index (χ1) is 13.1. The molecule has 4 rings (SSSR count). The molecule has 1 unspecified atom stereocenters. The lowest BCUT2D eigenvalue weighted by Gasteiger charge is -2.29. The Bertz CT molecular complexity index is 758. The highest BCUT2D eigenvalue weighted by Crippen LogP contribution is 2.29. The zero-order valence-corrected chi connectivity index (χ0v) is 15.4. The van der Waals surface area contributed by atoms with Crippen LogP contribution in [0.4, 0.5) is 0 Å². The minimum atomic E-state index is -0.557. The molecule has 1 aromatic rings. The summed E-state index contributed by atoms with van der Waals surface area (Å²) in [5, 5.41) is 9.19. The van der Waals surface area contributed by atoms with Crippen molar-refractivity contribution >= 4 is 17.7 Å². The van der Waals surface area contributed by atoms with Gasteiger partial charge in [-0.05, 0) is 55.9 Å². The van der Waals surface area contributed by atoms with Gasteiger partial charge in [0.2, 0.25) is 11.8 Å². The van der Waals surface area contributed by atoms with Crippen molar-refractivity contribution in [2.75, 3.05) is 19.6 Å². The predicted octanol–water partition coefficient (Wildman–Crippen LogP) is 0.537. The lowest BCUT2D eigenvalue weighted by molar-refractivity contribution is -0.136. The first-order valence-electron chi connectivity index (χ1n) is 9.80. The molecule has 3 N–H and O–H groups in total. The number of fused-ring (bicyclic) bond motifs is 1. The van der Waals surface area contributed by atoms with Crippen LogP contribution in [0.1, 0.15) is 47.2 Å². The minimum absolute atomic E-state index is 0.100. The lowest BCUT2D eigenvalue weighted by atomic mass is 10.0. The largest absolute Gasteiger partial charge is 0.322 e. The van der Waals surface area contributed by atoms with Crippen molar-refractivity contribution in [1.82, 2.24) is 20.9 Å². The molecule has 2 fully saturated rings. The normalized spacial score (nSPS) is 25.0. The van der Waals surface area contributed by atoms with E-state index in [4.69, 9.17) is 0 Å². The summed E-state index contributed by atoms with van der Waals surface area (Å²) in [6.45, 7) is 4.23. The molecule has 0 radical (unpaired) electrons. The Morgan fingerprint density at radius 3 is 2.85 bits per heavy atom. The quantitative estimate of drug-likeness (QED) is 0.502. The summed E-state index contributed by atoms with van der Waals surface area (Å²) < 4.78 is 0. The molecule has 1 aromatic carbocycles. The molecular formula is C20H26N4O3. The Labute approximate surface area is 158 Å². The van der Waals surface area contributed by atoms with Crippen LogP contribution in [0.2, 0.25) is 0 Å². The maximum absolute atomic E-state index is 13.0. The number of carbonyl (C=O) groups is 3. The molecule has 3 amide bonds. The van der Waals surface area contributed by atoms with Crippen LogP contribution in [0, 0.1) is 5.92 Å². The van der Waals surface area contributed by atoms with Crippen molar-refractivity contribution in [1.29, 1.82) is 0 Å². The smallest absolute Gasteiger partial charge is 0.255 e. The second-order valence-electron chi connectivity index (χ2n) is 7.68. The van der Waals surface area contributed by atoms with Gasteiger partial charge >= 0.3 is 0 Å². The van der Waals surface area contributed by atoms with E-state index in [1.165, 1.54) is 6.42 Å². The molecule has 144 valence electrons. The monoisotopic (exact) mass is 370 g/mol. The molecule has 3 heterocycles. The van der Waals surface area contributed by atoms with Crippen LogP contribution in [-0.4, -0.2) is 48.3 Å². The van der Waals surface area contributed by atoms with Gasteiger partial charge in [0.25, 0.3) is 5.91 Å². The maximum Gasteiger partial charge on any atom is 0.255 e. The topological polar surface area (TPSA) is 90.5 Å². The fraction of sp³-hybridized carbons (Fsp3) is 0.550. The number of imide groups is 1. The van der Waals surface area contributed by atoms with Gasteiger partial charge in [0.05, 0.1) is 0 Å². The van der Waals surface area contributed by atoms with Gasteiger partial charge in [0.15, 0.2) is 0 Å². The lowest BCUT2D eigenvalue weighted by Crippen LogP contribution is -2.52. The third kappa shape index (κ3) is 3.75. The number of hydrogen-bond donors (Lipinski definition) is 3. The fourth-order valence-corrected chi connectivity index (χ4v) is 4.33. The van der Waals surface area contributed by atoms with E-state index in [2.05, 4.69) is 16.0 Å². The van der Waals surface area contributed by atoms with Crippen LogP contribution in [0.25, 0.3) is 0 Å². The number of nitrogens with zero attached hydrogens (tertiary/aromatic N) is 1. The molecule has 2 atom stereocenters. The van der Waals surface area contributed by atoms with Crippen molar-refractivity contribution in [3.8, 4) is 0 Å². The summed E-state index contributed by atoms with van der Waals surface area (Å²) in [5.41, 5.74) is 2.66. The van der Waals surface area contributed by atoms with Gasteiger partial charge in [-0.15, -0.1) is 0 Å². The molecule has 2 saturated heterocycles. The van der Waals surface area contributed by atoms with E-state index in [9.17, 15) is 14.4 Å². The third-order valence-corrected chi connectivity index (χ3v) is 5.85. The maximum atomic E-state index is 13.0. The molecule has 0 spiro atoms. The zero-order valence-electron chi connectivity index (χ0n) is 15.4. The van der Waals surface area contributed by atoms with E-state index in [-0.39, 0.29) is 24.1 Å². The summed E-state index contributed by atoms with van der Waals surface area (Å²) in [7, 11) is 0. The molecule has 7 heteroatoms. The van der Waals surface area contributed by atoms with Gasteiger partial charge in [-0.3, -0.25) is 19.7 Å². The number of nitrogens with one attached hydrogen (secondary N) is 3. The summed E-state index contributed by atoms with van der Waals surface area (Å²) in [4.78, 5) is 38.2. The molecule has 0 aliphatic carbocycles. The predicted molar refractivity (Wildman–Crippen MR) is 99.8 cm³/mol. The Hall–Kier alpha value is -2.25. The highest BCUT2D eigenvalue weighted by molar-refractivity contribution is 6.05. The standard InChI is InChI=1S/C20H26N4O3/c25-17-5-4-16(19(26)23-17)24-12-15-3-1-2-14(18(15)20(24)27)11-22-9-7-13-6-8-21-10-13/h1-3,13,16,21-22H,4-12H2,(H,23,25,26)/t13-,16?/m0/s1. The van der Waals surface area contributed by atoms with E-state index in [1.54, 1.807) is 4.90 Å². The van der Waals surface area contributed by atoms with E-state index in [1.807, 2.05) is 18.2 Å². The van der Waals surface area contributed by atoms with E-state index in [0.29, 0.717) is 19.5 Å². The van der Waals surface area contributed by atoms with Crippen LogP contribution in [0.3, 0.4) is 0 Å². The summed E-state index contributed by atoms with van der Waals surface area (Å²) in [6.07, 6.45) is 3.05. The molecule has 7 nitrogen and oxygen atoms in total. The van der Waals surface area contributed by atoms with Crippen LogP contribution >= 0.6 is 0 Å². The average molecular weight is 370 g/mol. The van der Waals surface area contributed by atoms with Crippen molar-refractivity contribution in [2.24, 2.45) is 5.92 Å². The molecule has 27 heavy (non-hydrogen) atoms. The van der Waals surface area contributed by atoms with Crippen LogP contribution < -0.4 is 16.0 Å². The van der Waals surface area contributed by atoms with Gasteiger partial charge < -0.3 is 15.5 Å². The van der Waals surface area contributed by atoms with Crippen molar-refractivity contribution in [3.63, 3.8) is 0 Å².